The largest absolute Gasteiger partial charge is 0.374 e. The monoisotopic (exact) mass is 206 g/mol. The van der Waals surface area contributed by atoms with Gasteiger partial charge in [-0.3, -0.25) is 0 Å². The minimum atomic E-state index is 0.608. The summed E-state index contributed by atoms with van der Waals surface area (Å²) in [4.78, 5) is 2.31. The Labute approximate surface area is 93.1 Å². The number of rotatable bonds is 5. The maximum Gasteiger partial charge on any atom is 0.0393 e. The van der Waals surface area contributed by atoms with Crippen LogP contribution in [0.15, 0.2) is 24.3 Å². The number of hydrogen-bond donors (Lipinski definition) is 1. The van der Waals surface area contributed by atoms with E-state index < -0.39 is 0 Å². The first-order valence-electron chi connectivity index (χ1n) is 5.62. The molecule has 0 spiro atoms. The van der Waals surface area contributed by atoms with Crippen molar-refractivity contribution in [2.24, 2.45) is 11.7 Å². The van der Waals surface area contributed by atoms with E-state index in [0.717, 1.165) is 19.5 Å². The van der Waals surface area contributed by atoms with Crippen molar-refractivity contribution < 1.29 is 0 Å². The predicted octanol–water partition coefficient (Wildman–Crippen LogP) is 2.42. The molecule has 0 amide bonds. The number of para-hydroxylation sites is 1. The van der Waals surface area contributed by atoms with Gasteiger partial charge in [0.25, 0.3) is 0 Å². The van der Waals surface area contributed by atoms with Gasteiger partial charge in [-0.1, -0.05) is 25.1 Å². The molecule has 0 saturated heterocycles. The summed E-state index contributed by atoms with van der Waals surface area (Å²) in [5, 5.41) is 0. The molecular weight excluding hydrogens is 184 g/mol. The standard InChI is InChI=1S/C13H22N2/c1-11(10-14)8-9-15(3)13-7-5-4-6-12(13)2/h4-7,11H,8-10,14H2,1-3H3. The van der Waals surface area contributed by atoms with Gasteiger partial charge in [0.1, 0.15) is 0 Å². The zero-order valence-electron chi connectivity index (χ0n) is 10.0. The minimum Gasteiger partial charge on any atom is -0.374 e. The van der Waals surface area contributed by atoms with Crippen molar-refractivity contribution in [1.82, 2.24) is 0 Å². The van der Waals surface area contributed by atoms with Crippen molar-refractivity contribution in [3.63, 3.8) is 0 Å². The van der Waals surface area contributed by atoms with Crippen molar-refractivity contribution in [3.05, 3.63) is 29.8 Å². The van der Waals surface area contributed by atoms with E-state index in [1.165, 1.54) is 11.3 Å². The number of hydrogen-bond acceptors (Lipinski definition) is 2. The highest BCUT2D eigenvalue weighted by molar-refractivity contribution is 5.52. The quantitative estimate of drug-likeness (QED) is 0.801. The predicted molar refractivity (Wildman–Crippen MR) is 67.3 cm³/mol. The zero-order chi connectivity index (χ0) is 11.3. The summed E-state index contributed by atoms with van der Waals surface area (Å²) in [7, 11) is 2.14. The molecule has 1 atom stereocenters. The third-order valence-electron chi connectivity index (χ3n) is 2.89. The lowest BCUT2D eigenvalue weighted by Crippen LogP contribution is -2.23. The summed E-state index contributed by atoms with van der Waals surface area (Å²) in [5.74, 6) is 0.608. The SMILES string of the molecule is Cc1ccccc1N(C)CCC(C)CN. The third kappa shape index (κ3) is 3.56. The topological polar surface area (TPSA) is 29.3 Å². The molecule has 1 aromatic rings. The maximum absolute atomic E-state index is 5.61. The van der Waals surface area contributed by atoms with E-state index in [4.69, 9.17) is 5.73 Å². The molecule has 1 aromatic carbocycles. The van der Waals surface area contributed by atoms with Gasteiger partial charge in [0.2, 0.25) is 0 Å². The van der Waals surface area contributed by atoms with Crippen LogP contribution in [0.5, 0.6) is 0 Å². The molecule has 2 nitrogen and oxygen atoms in total. The molecule has 0 aliphatic heterocycles. The van der Waals surface area contributed by atoms with Gasteiger partial charge < -0.3 is 10.6 Å². The first-order valence-corrected chi connectivity index (χ1v) is 5.62. The number of benzene rings is 1. The Balaban J connectivity index is 2.54. The first-order chi connectivity index (χ1) is 7.15. The Bertz CT molecular complexity index is 296. The van der Waals surface area contributed by atoms with Crippen LogP contribution in [0.4, 0.5) is 5.69 Å². The van der Waals surface area contributed by atoms with Crippen molar-refractivity contribution in [1.29, 1.82) is 0 Å². The third-order valence-corrected chi connectivity index (χ3v) is 2.89. The van der Waals surface area contributed by atoms with Crippen molar-refractivity contribution >= 4 is 5.69 Å². The average Bonchev–Trinajstić information content (AvgIpc) is 2.26. The van der Waals surface area contributed by atoms with Gasteiger partial charge in [0.05, 0.1) is 0 Å². The van der Waals surface area contributed by atoms with E-state index in [1.54, 1.807) is 0 Å². The lowest BCUT2D eigenvalue weighted by Gasteiger charge is -2.22. The fourth-order valence-corrected chi connectivity index (χ4v) is 1.64. The van der Waals surface area contributed by atoms with Crippen LogP contribution in [-0.2, 0) is 0 Å². The molecule has 0 aliphatic carbocycles. The summed E-state index contributed by atoms with van der Waals surface area (Å²) in [6.07, 6.45) is 1.15. The summed E-state index contributed by atoms with van der Waals surface area (Å²) >= 11 is 0. The average molecular weight is 206 g/mol. The molecule has 0 fully saturated rings. The minimum absolute atomic E-state index is 0.608. The molecule has 0 heterocycles. The molecule has 1 rings (SSSR count). The van der Waals surface area contributed by atoms with Crippen LogP contribution < -0.4 is 10.6 Å². The highest BCUT2D eigenvalue weighted by Gasteiger charge is 2.05. The Kier molecular flexibility index (Phi) is 4.63. The Morgan fingerprint density at radius 1 is 1.33 bits per heavy atom. The van der Waals surface area contributed by atoms with Crippen LogP contribution in [0, 0.1) is 12.8 Å². The molecule has 0 aliphatic rings. The molecule has 0 saturated carbocycles. The first kappa shape index (κ1) is 12.1. The number of nitrogens with two attached hydrogens (primary N) is 1. The zero-order valence-corrected chi connectivity index (χ0v) is 10.0. The van der Waals surface area contributed by atoms with Crippen LogP contribution in [0.1, 0.15) is 18.9 Å². The lowest BCUT2D eigenvalue weighted by molar-refractivity contribution is 0.545. The van der Waals surface area contributed by atoms with Crippen LogP contribution in [0.2, 0.25) is 0 Å². The molecule has 1 unspecified atom stereocenters. The van der Waals surface area contributed by atoms with Gasteiger partial charge in [-0.2, -0.15) is 0 Å². The molecule has 84 valence electrons. The summed E-state index contributed by atoms with van der Waals surface area (Å²) < 4.78 is 0. The van der Waals surface area contributed by atoms with Gasteiger partial charge in [-0.15, -0.1) is 0 Å². The van der Waals surface area contributed by atoms with Crippen LogP contribution in [0.25, 0.3) is 0 Å². The van der Waals surface area contributed by atoms with Crippen LogP contribution in [0.3, 0.4) is 0 Å². The number of aryl methyl sites for hydroxylation is 1. The molecule has 0 aromatic heterocycles. The van der Waals surface area contributed by atoms with Crippen molar-refractivity contribution in [3.8, 4) is 0 Å². The van der Waals surface area contributed by atoms with Gasteiger partial charge >= 0.3 is 0 Å². The molecule has 2 heteroatoms. The van der Waals surface area contributed by atoms with E-state index in [2.05, 4.69) is 50.1 Å². The fraction of sp³-hybridized carbons (Fsp3) is 0.538. The van der Waals surface area contributed by atoms with E-state index in [-0.39, 0.29) is 0 Å². The molecule has 15 heavy (non-hydrogen) atoms. The Morgan fingerprint density at radius 3 is 2.60 bits per heavy atom. The molecular formula is C13H22N2. The lowest BCUT2D eigenvalue weighted by atomic mass is 10.1. The normalized spacial score (nSPS) is 12.5. The van der Waals surface area contributed by atoms with Gasteiger partial charge in [-0.05, 0) is 37.4 Å². The van der Waals surface area contributed by atoms with Crippen molar-refractivity contribution in [2.75, 3.05) is 25.0 Å². The van der Waals surface area contributed by atoms with Crippen molar-refractivity contribution in [2.45, 2.75) is 20.3 Å². The van der Waals surface area contributed by atoms with E-state index in [0.29, 0.717) is 5.92 Å². The Hall–Kier alpha value is -1.02. The van der Waals surface area contributed by atoms with E-state index in [1.807, 2.05) is 0 Å². The van der Waals surface area contributed by atoms with E-state index in [9.17, 15) is 0 Å². The molecule has 0 bridgehead atoms. The summed E-state index contributed by atoms with van der Waals surface area (Å²) in [6, 6.07) is 8.49. The second-order valence-corrected chi connectivity index (χ2v) is 4.34. The number of nitrogens with zero attached hydrogens (tertiary/aromatic N) is 1. The fourth-order valence-electron chi connectivity index (χ4n) is 1.64. The van der Waals surface area contributed by atoms with Gasteiger partial charge in [0.15, 0.2) is 0 Å². The smallest absolute Gasteiger partial charge is 0.0393 e. The van der Waals surface area contributed by atoms with Gasteiger partial charge in [-0.25, -0.2) is 0 Å². The summed E-state index contributed by atoms with van der Waals surface area (Å²) in [5.41, 5.74) is 8.26. The second-order valence-electron chi connectivity index (χ2n) is 4.34. The van der Waals surface area contributed by atoms with Crippen LogP contribution in [-0.4, -0.2) is 20.1 Å². The summed E-state index contributed by atoms with van der Waals surface area (Å²) in [6.45, 7) is 6.20. The highest BCUT2D eigenvalue weighted by Crippen LogP contribution is 2.18. The van der Waals surface area contributed by atoms with E-state index >= 15 is 0 Å². The second kappa shape index (κ2) is 5.76. The molecule has 2 N–H and O–H groups in total. The van der Waals surface area contributed by atoms with Gasteiger partial charge in [0, 0.05) is 19.3 Å². The number of anilines is 1. The Morgan fingerprint density at radius 2 is 2.00 bits per heavy atom. The highest BCUT2D eigenvalue weighted by atomic mass is 15.1. The maximum atomic E-state index is 5.61. The van der Waals surface area contributed by atoms with Crippen LogP contribution >= 0.6 is 0 Å². The molecule has 0 radical (unpaired) electrons.